The standard InChI is InChI=1S/C14H17N3/c15-14(16,13-9-5-2-6-10-13)17-11-12-7-3-1-4-8-12/h1-10,17H,11,15-16H2. The lowest BCUT2D eigenvalue weighted by atomic mass is 10.1. The zero-order chi connectivity index (χ0) is 12.1. The first-order valence-electron chi connectivity index (χ1n) is 5.61. The van der Waals surface area contributed by atoms with Crippen LogP contribution in [-0.4, -0.2) is 0 Å². The van der Waals surface area contributed by atoms with Crippen LogP contribution in [0, 0.1) is 0 Å². The van der Waals surface area contributed by atoms with Gasteiger partial charge in [-0.05, 0) is 5.56 Å². The summed E-state index contributed by atoms with van der Waals surface area (Å²) in [6, 6.07) is 19.7. The van der Waals surface area contributed by atoms with Gasteiger partial charge in [0.25, 0.3) is 0 Å². The summed E-state index contributed by atoms with van der Waals surface area (Å²) in [6.45, 7) is 0.642. The zero-order valence-corrected chi connectivity index (χ0v) is 9.64. The number of hydrogen-bond donors (Lipinski definition) is 3. The van der Waals surface area contributed by atoms with E-state index < -0.39 is 5.79 Å². The van der Waals surface area contributed by atoms with E-state index in [-0.39, 0.29) is 0 Å². The molecule has 0 aliphatic heterocycles. The van der Waals surface area contributed by atoms with Crippen LogP contribution in [0.2, 0.25) is 0 Å². The van der Waals surface area contributed by atoms with Crippen LogP contribution >= 0.6 is 0 Å². The quantitative estimate of drug-likeness (QED) is 0.694. The molecule has 0 heterocycles. The van der Waals surface area contributed by atoms with Crippen LogP contribution in [0.4, 0.5) is 0 Å². The summed E-state index contributed by atoms with van der Waals surface area (Å²) in [7, 11) is 0. The molecule has 5 N–H and O–H groups in total. The highest BCUT2D eigenvalue weighted by molar-refractivity contribution is 5.22. The van der Waals surface area contributed by atoms with Gasteiger partial charge in [0.2, 0.25) is 0 Å². The van der Waals surface area contributed by atoms with Crippen molar-refractivity contribution in [2.45, 2.75) is 12.3 Å². The van der Waals surface area contributed by atoms with Gasteiger partial charge in [-0.15, -0.1) is 0 Å². The largest absolute Gasteiger partial charge is 0.297 e. The van der Waals surface area contributed by atoms with Gasteiger partial charge in [0.1, 0.15) is 5.79 Å². The lowest BCUT2D eigenvalue weighted by molar-refractivity contribution is 0.355. The Hall–Kier alpha value is -1.68. The molecule has 0 radical (unpaired) electrons. The fraction of sp³-hybridized carbons (Fsp3) is 0.143. The van der Waals surface area contributed by atoms with Gasteiger partial charge in [-0.3, -0.25) is 16.8 Å². The number of benzene rings is 2. The number of nitrogens with two attached hydrogens (primary N) is 2. The third kappa shape index (κ3) is 3.14. The molecule has 2 aromatic rings. The Morgan fingerprint density at radius 1 is 0.824 bits per heavy atom. The van der Waals surface area contributed by atoms with Crippen molar-refractivity contribution in [3.8, 4) is 0 Å². The molecule has 0 unspecified atom stereocenters. The average Bonchev–Trinajstić information content (AvgIpc) is 2.39. The van der Waals surface area contributed by atoms with E-state index in [9.17, 15) is 0 Å². The van der Waals surface area contributed by atoms with Crippen molar-refractivity contribution < 1.29 is 0 Å². The highest BCUT2D eigenvalue weighted by atomic mass is 15.2. The third-order valence-corrected chi connectivity index (χ3v) is 2.68. The molecule has 0 atom stereocenters. The minimum absolute atomic E-state index is 0.642. The molecule has 0 fully saturated rings. The first kappa shape index (κ1) is 11.8. The Labute approximate surface area is 101 Å². The van der Waals surface area contributed by atoms with Crippen LogP contribution in [0.1, 0.15) is 11.1 Å². The number of rotatable bonds is 4. The lowest BCUT2D eigenvalue weighted by Crippen LogP contribution is -2.57. The molecule has 3 nitrogen and oxygen atoms in total. The minimum atomic E-state index is -1.00. The molecule has 17 heavy (non-hydrogen) atoms. The predicted octanol–water partition coefficient (Wildman–Crippen LogP) is 1.50. The predicted molar refractivity (Wildman–Crippen MR) is 69.8 cm³/mol. The van der Waals surface area contributed by atoms with Crippen LogP contribution < -0.4 is 16.8 Å². The molecule has 0 aromatic heterocycles. The van der Waals surface area contributed by atoms with E-state index in [2.05, 4.69) is 5.32 Å². The fourth-order valence-corrected chi connectivity index (χ4v) is 1.66. The summed E-state index contributed by atoms with van der Waals surface area (Å²) in [4.78, 5) is 0. The van der Waals surface area contributed by atoms with Crippen molar-refractivity contribution in [3.05, 3.63) is 71.8 Å². The van der Waals surface area contributed by atoms with E-state index in [0.29, 0.717) is 6.54 Å². The number of nitrogens with one attached hydrogen (secondary N) is 1. The minimum Gasteiger partial charge on any atom is -0.297 e. The maximum absolute atomic E-state index is 6.05. The first-order chi connectivity index (χ1) is 8.18. The zero-order valence-electron chi connectivity index (χ0n) is 9.64. The summed E-state index contributed by atoms with van der Waals surface area (Å²) >= 11 is 0. The van der Waals surface area contributed by atoms with Gasteiger partial charge in [-0.25, -0.2) is 0 Å². The highest BCUT2D eigenvalue weighted by Crippen LogP contribution is 2.09. The molecule has 0 amide bonds. The molecule has 2 rings (SSSR count). The van der Waals surface area contributed by atoms with Crippen molar-refractivity contribution >= 4 is 0 Å². The third-order valence-electron chi connectivity index (χ3n) is 2.68. The second-order valence-corrected chi connectivity index (χ2v) is 4.07. The Bertz CT molecular complexity index is 451. The van der Waals surface area contributed by atoms with Crippen molar-refractivity contribution in [3.63, 3.8) is 0 Å². The van der Waals surface area contributed by atoms with Crippen LogP contribution in [-0.2, 0) is 12.3 Å². The van der Waals surface area contributed by atoms with Crippen LogP contribution in [0.25, 0.3) is 0 Å². The van der Waals surface area contributed by atoms with E-state index in [4.69, 9.17) is 11.5 Å². The Morgan fingerprint density at radius 2 is 1.35 bits per heavy atom. The molecule has 0 aliphatic rings. The van der Waals surface area contributed by atoms with Crippen LogP contribution in [0.3, 0.4) is 0 Å². The molecule has 0 saturated carbocycles. The van der Waals surface area contributed by atoms with E-state index in [1.807, 2.05) is 60.7 Å². The van der Waals surface area contributed by atoms with Crippen molar-refractivity contribution in [1.29, 1.82) is 0 Å². The molecule has 0 aliphatic carbocycles. The molecule has 3 heteroatoms. The molecular weight excluding hydrogens is 210 g/mol. The fourth-order valence-electron chi connectivity index (χ4n) is 1.66. The van der Waals surface area contributed by atoms with E-state index in [1.54, 1.807) is 0 Å². The monoisotopic (exact) mass is 227 g/mol. The average molecular weight is 227 g/mol. The molecule has 88 valence electrons. The summed E-state index contributed by atoms with van der Waals surface area (Å²) < 4.78 is 0. The van der Waals surface area contributed by atoms with Gasteiger partial charge in [0.15, 0.2) is 0 Å². The van der Waals surface area contributed by atoms with Gasteiger partial charge < -0.3 is 0 Å². The van der Waals surface area contributed by atoms with Gasteiger partial charge in [-0.2, -0.15) is 0 Å². The highest BCUT2D eigenvalue weighted by Gasteiger charge is 2.20. The Morgan fingerprint density at radius 3 is 1.94 bits per heavy atom. The van der Waals surface area contributed by atoms with Crippen LogP contribution in [0.5, 0.6) is 0 Å². The maximum Gasteiger partial charge on any atom is 0.145 e. The summed E-state index contributed by atoms with van der Waals surface area (Å²) in [5.41, 5.74) is 14.1. The Balaban J connectivity index is 2.03. The molecule has 0 spiro atoms. The topological polar surface area (TPSA) is 64.1 Å². The van der Waals surface area contributed by atoms with Crippen molar-refractivity contribution in [2.75, 3.05) is 0 Å². The van der Waals surface area contributed by atoms with Gasteiger partial charge in [-0.1, -0.05) is 60.7 Å². The molecule has 0 saturated heterocycles. The van der Waals surface area contributed by atoms with Crippen LogP contribution in [0.15, 0.2) is 60.7 Å². The smallest absolute Gasteiger partial charge is 0.145 e. The summed E-state index contributed by atoms with van der Waals surface area (Å²) in [6.07, 6.45) is 0. The van der Waals surface area contributed by atoms with E-state index in [1.165, 1.54) is 0 Å². The molecule has 0 bridgehead atoms. The molecular formula is C14H17N3. The van der Waals surface area contributed by atoms with E-state index in [0.717, 1.165) is 11.1 Å². The van der Waals surface area contributed by atoms with E-state index >= 15 is 0 Å². The second-order valence-electron chi connectivity index (χ2n) is 4.07. The Kier molecular flexibility index (Phi) is 3.54. The first-order valence-corrected chi connectivity index (χ1v) is 5.61. The normalized spacial score (nSPS) is 11.4. The van der Waals surface area contributed by atoms with Crippen molar-refractivity contribution in [2.24, 2.45) is 11.5 Å². The maximum atomic E-state index is 6.05. The lowest BCUT2D eigenvalue weighted by Gasteiger charge is -2.26. The van der Waals surface area contributed by atoms with Gasteiger partial charge in [0.05, 0.1) is 0 Å². The SMILES string of the molecule is NC(N)(NCc1ccccc1)c1ccccc1. The number of hydrogen-bond acceptors (Lipinski definition) is 3. The van der Waals surface area contributed by atoms with Crippen molar-refractivity contribution in [1.82, 2.24) is 5.32 Å². The summed E-state index contributed by atoms with van der Waals surface area (Å²) in [5.74, 6) is -1.00. The molecule has 2 aromatic carbocycles. The summed E-state index contributed by atoms with van der Waals surface area (Å²) in [5, 5.41) is 3.15. The van der Waals surface area contributed by atoms with Gasteiger partial charge in [0, 0.05) is 12.1 Å². The second kappa shape index (κ2) is 5.10. The van der Waals surface area contributed by atoms with Gasteiger partial charge >= 0.3 is 0 Å².